The van der Waals surface area contributed by atoms with Crippen LogP contribution < -0.4 is 0 Å². The lowest BCUT2D eigenvalue weighted by Gasteiger charge is -2.00. The van der Waals surface area contributed by atoms with Crippen molar-refractivity contribution < 1.29 is 4.92 Å². The van der Waals surface area contributed by atoms with E-state index in [1.807, 2.05) is 43.5 Å². The van der Waals surface area contributed by atoms with Gasteiger partial charge in [0, 0.05) is 35.7 Å². The number of hydrogen-bond acceptors (Lipinski definition) is 7. The molecule has 2 aromatic heterocycles. The van der Waals surface area contributed by atoms with Crippen molar-refractivity contribution in [1.29, 1.82) is 0 Å². The second-order valence-electron chi connectivity index (χ2n) is 5.88. The van der Waals surface area contributed by atoms with E-state index in [0.29, 0.717) is 10.8 Å². The molecular weight excluding hydrogens is 376 g/mol. The average Bonchev–Trinajstić information content (AvgIpc) is 3.33. The molecule has 0 radical (unpaired) electrons. The zero-order valence-corrected chi connectivity index (χ0v) is 15.6. The fourth-order valence-corrected chi connectivity index (χ4v) is 3.16. The molecule has 0 unspecified atom stereocenters. The van der Waals surface area contributed by atoms with E-state index in [1.54, 1.807) is 23.0 Å². The predicted octanol–water partition coefficient (Wildman–Crippen LogP) is 4.36. The Morgan fingerprint density at radius 2 is 1.86 bits per heavy atom. The number of hydrogen-bond donors (Lipinski definition) is 0. The number of benzene rings is 2. The van der Waals surface area contributed by atoms with Crippen LogP contribution in [0.4, 0.5) is 10.8 Å². The van der Waals surface area contributed by atoms with E-state index in [1.165, 1.54) is 23.5 Å². The summed E-state index contributed by atoms with van der Waals surface area (Å²) in [7, 11) is 0. The lowest BCUT2D eigenvalue weighted by molar-refractivity contribution is -0.384. The zero-order valence-electron chi connectivity index (χ0n) is 14.8. The number of para-hydroxylation sites is 1. The highest BCUT2D eigenvalue weighted by molar-refractivity contribution is 7.14. The third kappa shape index (κ3) is 3.69. The highest BCUT2D eigenvalue weighted by Crippen LogP contribution is 2.26. The minimum absolute atomic E-state index is 0.0331. The van der Waals surface area contributed by atoms with Gasteiger partial charge >= 0.3 is 0 Å². The Morgan fingerprint density at radius 1 is 1.11 bits per heavy atom. The molecule has 4 rings (SSSR count). The summed E-state index contributed by atoms with van der Waals surface area (Å²) in [5, 5.41) is 24.9. The van der Waals surface area contributed by atoms with Gasteiger partial charge in [0.05, 0.1) is 10.6 Å². The fraction of sp³-hybridized carbons (Fsp3) is 0.0526. The third-order valence-corrected chi connectivity index (χ3v) is 4.69. The molecule has 0 spiro atoms. The van der Waals surface area contributed by atoms with Crippen molar-refractivity contribution in [2.45, 2.75) is 6.92 Å². The molecule has 2 aromatic carbocycles. The molecule has 0 N–H and O–H groups in total. The van der Waals surface area contributed by atoms with Crippen molar-refractivity contribution in [3.63, 3.8) is 0 Å². The van der Waals surface area contributed by atoms with E-state index in [0.717, 1.165) is 21.8 Å². The summed E-state index contributed by atoms with van der Waals surface area (Å²) >= 11 is 1.39. The molecule has 0 aliphatic heterocycles. The molecule has 4 aromatic rings. The molecule has 0 fully saturated rings. The van der Waals surface area contributed by atoms with Crippen LogP contribution in [0, 0.1) is 17.0 Å². The second kappa shape index (κ2) is 7.49. The van der Waals surface area contributed by atoms with Crippen LogP contribution in [0.1, 0.15) is 10.6 Å². The number of rotatable bonds is 5. The average molecular weight is 390 g/mol. The molecular formula is C19H14N6O2S. The van der Waals surface area contributed by atoms with Crippen LogP contribution in [0.2, 0.25) is 0 Å². The molecule has 0 atom stereocenters. The van der Waals surface area contributed by atoms with Crippen molar-refractivity contribution in [1.82, 2.24) is 20.0 Å². The standard InChI is InChI=1S/C19H14N6O2S/c1-13-21-22-19(28-13)20-11-15-12-24(16-5-3-2-4-6-16)23-18(15)14-7-9-17(10-8-14)25(26)27/h2-12H,1H3/b20-11+. The first-order chi connectivity index (χ1) is 13.6. The summed E-state index contributed by atoms with van der Waals surface area (Å²) in [6.45, 7) is 1.87. The van der Waals surface area contributed by atoms with Gasteiger partial charge in [-0.15, -0.1) is 10.2 Å². The molecule has 8 nitrogen and oxygen atoms in total. The Kier molecular flexibility index (Phi) is 4.73. The van der Waals surface area contributed by atoms with Gasteiger partial charge < -0.3 is 0 Å². The van der Waals surface area contributed by atoms with Crippen LogP contribution in [0.5, 0.6) is 0 Å². The molecule has 138 valence electrons. The Hall–Kier alpha value is -3.72. The lowest BCUT2D eigenvalue weighted by Crippen LogP contribution is -1.94. The van der Waals surface area contributed by atoms with Gasteiger partial charge in [0.25, 0.3) is 5.69 Å². The summed E-state index contributed by atoms with van der Waals surface area (Å²) in [4.78, 5) is 14.9. The smallest absolute Gasteiger partial charge is 0.258 e. The van der Waals surface area contributed by atoms with Gasteiger partial charge in [-0.05, 0) is 31.2 Å². The SMILES string of the molecule is Cc1nnc(/N=C/c2cn(-c3ccccc3)nc2-c2ccc([N+](=O)[O-])cc2)s1. The van der Waals surface area contributed by atoms with Gasteiger partial charge in [0.15, 0.2) is 0 Å². The number of nitro benzene ring substituents is 1. The topological polar surface area (TPSA) is 99.1 Å². The van der Waals surface area contributed by atoms with Crippen LogP contribution >= 0.6 is 11.3 Å². The molecule has 9 heteroatoms. The molecule has 0 amide bonds. The summed E-state index contributed by atoms with van der Waals surface area (Å²) in [5.74, 6) is 0. The van der Waals surface area contributed by atoms with Crippen molar-refractivity contribution >= 4 is 28.4 Å². The number of aryl methyl sites for hydroxylation is 1. The normalized spacial score (nSPS) is 11.2. The van der Waals surface area contributed by atoms with E-state index in [2.05, 4.69) is 20.3 Å². The van der Waals surface area contributed by atoms with Gasteiger partial charge in [-0.3, -0.25) is 10.1 Å². The summed E-state index contributed by atoms with van der Waals surface area (Å²) in [5.41, 5.74) is 3.13. The Morgan fingerprint density at radius 3 is 2.50 bits per heavy atom. The first-order valence-corrected chi connectivity index (χ1v) is 9.16. The highest BCUT2D eigenvalue weighted by Gasteiger charge is 2.13. The van der Waals surface area contributed by atoms with E-state index >= 15 is 0 Å². The molecule has 2 heterocycles. The predicted molar refractivity (Wildman–Crippen MR) is 108 cm³/mol. The minimum Gasteiger partial charge on any atom is -0.258 e. The molecule has 0 aliphatic carbocycles. The number of nitrogens with zero attached hydrogens (tertiary/aromatic N) is 6. The number of nitro groups is 1. The number of non-ortho nitro benzene ring substituents is 1. The van der Waals surface area contributed by atoms with Gasteiger partial charge in [-0.25, -0.2) is 9.67 Å². The fourth-order valence-electron chi connectivity index (χ4n) is 2.62. The first-order valence-electron chi connectivity index (χ1n) is 8.34. The summed E-state index contributed by atoms with van der Waals surface area (Å²) < 4.78 is 1.75. The van der Waals surface area contributed by atoms with E-state index in [4.69, 9.17) is 0 Å². The van der Waals surface area contributed by atoms with Crippen molar-refractivity contribution in [3.05, 3.63) is 81.5 Å². The minimum atomic E-state index is -0.424. The Bertz CT molecular complexity index is 1150. The van der Waals surface area contributed by atoms with Crippen LogP contribution in [0.15, 0.2) is 65.8 Å². The molecule has 0 aliphatic rings. The zero-order chi connectivity index (χ0) is 19.5. The first kappa shape index (κ1) is 17.7. The van der Waals surface area contributed by atoms with Gasteiger partial charge in [-0.1, -0.05) is 29.5 Å². The molecule has 0 saturated carbocycles. The van der Waals surface area contributed by atoms with Gasteiger partial charge in [0.2, 0.25) is 5.13 Å². The highest BCUT2D eigenvalue weighted by atomic mass is 32.1. The van der Waals surface area contributed by atoms with Crippen molar-refractivity contribution in [2.75, 3.05) is 0 Å². The monoisotopic (exact) mass is 390 g/mol. The van der Waals surface area contributed by atoms with Crippen LogP contribution in [0.25, 0.3) is 16.9 Å². The van der Waals surface area contributed by atoms with Crippen molar-refractivity contribution in [3.8, 4) is 16.9 Å². The maximum atomic E-state index is 10.9. The van der Waals surface area contributed by atoms with E-state index in [9.17, 15) is 10.1 Å². The van der Waals surface area contributed by atoms with Crippen LogP contribution in [-0.2, 0) is 0 Å². The number of aliphatic imine (C=N–C) groups is 1. The molecule has 28 heavy (non-hydrogen) atoms. The second-order valence-corrected chi connectivity index (χ2v) is 7.04. The Labute approximate surface area is 164 Å². The number of aromatic nitrogens is 4. The van der Waals surface area contributed by atoms with E-state index < -0.39 is 4.92 Å². The third-order valence-electron chi connectivity index (χ3n) is 3.94. The van der Waals surface area contributed by atoms with Crippen molar-refractivity contribution in [2.24, 2.45) is 4.99 Å². The largest absolute Gasteiger partial charge is 0.269 e. The summed E-state index contributed by atoms with van der Waals surface area (Å²) in [6.07, 6.45) is 3.55. The molecule has 0 saturated heterocycles. The summed E-state index contributed by atoms with van der Waals surface area (Å²) in [6, 6.07) is 16.0. The van der Waals surface area contributed by atoms with Crippen LogP contribution in [0.3, 0.4) is 0 Å². The molecule has 0 bridgehead atoms. The quantitative estimate of drug-likeness (QED) is 0.286. The van der Waals surface area contributed by atoms with E-state index in [-0.39, 0.29) is 5.69 Å². The Balaban J connectivity index is 1.77. The van der Waals surface area contributed by atoms with Gasteiger partial charge in [-0.2, -0.15) is 5.10 Å². The lowest BCUT2D eigenvalue weighted by atomic mass is 10.1. The van der Waals surface area contributed by atoms with Crippen LogP contribution in [-0.4, -0.2) is 31.1 Å². The van der Waals surface area contributed by atoms with Gasteiger partial charge in [0.1, 0.15) is 10.7 Å². The maximum absolute atomic E-state index is 10.9. The maximum Gasteiger partial charge on any atom is 0.269 e.